The van der Waals surface area contributed by atoms with Crippen LogP contribution in [0.3, 0.4) is 0 Å². The van der Waals surface area contributed by atoms with Crippen LogP contribution in [-0.2, 0) is 11.9 Å². The summed E-state index contributed by atoms with van der Waals surface area (Å²) in [6.45, 7) is 0.336. The van der Waals surface area contributed by atoms with E-state index in [4.69, 9.17) is 11.6 Å². The summed E-state index contributed by atoms with van der Waals surface area (Å²) in [5.74, 6) is -0.984. The summed E-state index contributed by atoms with van der Waals surface area (Å²) in [5.41, 5.74) is 0.494. The van der Waals surface area contributed by atoms with Crippen LogP contribution in [-0.4, -0.2) is 10.1 Å². The smallest absolute Gasteiger partial charge is 0.378 e. The first-order chi connectivity index (χ1) is 10.8. The molecule has 1 aromatic heterocycles. The number of rotatable bonds is 5. The zero-order valence-electron chi connectivity index (χ0n) is 11.3. The summed E-state index contributed by atoms with van der Waals surface area (Å²) in [6, 6.07) is 7.84. The maximum Gasteiger partial charge on any atom is 0.400 e. The molecule has 118 valence electrons. The maximum atomic E-state index is 12.8. The van der Waals surface area contributed by atoms with Gasteiger partial charge >= 0.3 is 11.3 Å². The fourth-order valence-corrected chi connectivity index (χ4v) is 1.95. The van der Waals surface area contributed by atoms with E-state index in [2.05, 4.69) is 20.0 Å². The minimum atomic E-state index is -3.71. The number of halogens is 3. The molecule has 1 N–H and O–H groups in total. The highest BCUT2D eigenvalue weighted by Gasteiger charge is 2.35. The van der Waals surface area contributed by atoms with Crippen LogP contribution in [0.2, 0.25) is 0 Å². The molecule has 0 unspecified atom stereocenters. The summed E-state index contributed by atoms with van der Waals surface area (Å²) < 4.78 is 30.1. The van der Waals surface area contributed by atoms with Crippen LogP contribution in [0.4, 0.5) is 14.5 Å². The van der Waals surface area contributed by atoms with E-state index >= 15 is 0 Å². The number of alkyl halides is 3. The second-order valence-corrected chi connectivity index (χ2v) is 5.20. The predicted octanol–water partition coefficient (Wildman–Crippen LogP) is 2.23. The van der Waals surface area contributed by atoms with Gasteiger partial charge in [0.2, 0.25) is 16.7 Å². The first kappa shape index (κ1) is 15.3. The van der Waals surface area contributed by atoms with Crippen molar-refractivity contribution in [3.63, 3.8) is 0 Å². The van der Waals surface area contributed by atoms with E-state index in [9.17, 15) is 18.4 Å². The molecule has 0 atom stereocenters. The molecule has 2 aromatic carbocycles. The molecule has 0 fully saturated rings. The van der Waals surface area contributed by atoms with E-state index in [1.165, 1.54) is 6.07 Å². The second kappa shape index (κ2) is 5.54. The number of benzene rings is 1. The zero-order chi connectivity index (χ0) is 16.6. The lowest BCUT2D eigenvalue weighted by Crippen LogP contribution is -2.32. The Morgan fingerprint density at radius 2 is 1.91 bits per heavy atom. The minimum absolute atomic E-state index is 0.0118. The van der Waals surface area contributed by atoms with Crippen LogP contribution in [0, 0.1) is 0 Å². The molecule has 1 heterocycles. The van der Waals surface area contributed by atoms with Gasteiger partial charge in [-0.1, -0.05) is 29.4 Å². The summed E-state index contributed by atoms with van der Waals surface area (Å²) in [4.78, 5) is 25.4. The van der Waals surface area contributed by atoms with E-state index < -0.39 is 22.1 Å². The molecule has 0 aliphatic rings. The molecule has 0 saturated heterocycles. The summed E-state index contributed by atoms with van der Waals surface area (Å²) in [6.07, 6.45) is 0. The third-order valence-electron chi connectivity index (χ3n) is 3.11. The van der Waals surface area contributed by atoms with Crippen molar-refractivity contribution in [3.05, 3.63) is 62.2 Å². The van der Waals surface area contributed by atoms with Crippen LogP contribution >= 0.6 is 11.6 Å². The van der Waals surface area contributed by atoms with Gasteiger partial charge < -0.3 is 9.84 Å². The summed E-state index contributed by atoms with van der Waals surface area (Å²) in [5, 5.41) is 2.55. The van der Waals surface area contributed by atoms with Crippen LogP contribution in [0.1, 0.15) is 11.5 Å². The highest BCUT2D eigenvalue weighted by atomic mass is 35.5. The molecule has 6 nitrogen and oxygen atoms in total. The van der Waals surface area contributed by atoms with Crippen molar-refractivity contribution in [2.75, 3.05) is 5.32 Å². The highest BCUT2D eigenvalue weighted by Crippen LogP contribution is 2.32. The Bertz CT molecular complexity index is 909. The van der Waals surface area contributed by atoms with Gasteiger partial charge in [-0.2, -0.15) is 13.8 Å². The molecular formula is C14H8ClF2N3O3. The maximum absolute atomic E-state index is 12.8. The first-order valence-electron chi connectivity index (χ1n) is 6.39. The molecule has 3 aromatic rings. The lowest BCUT2D eigenvalue weighted by Gasteiger charge is -2.06. The molecule has 0 aliphatic heterocycles. The minimum Gasteiger partial charge on any atom is -0.378 e. The fraction of sp³-hybridized carbons (Fsp3) is 0.143. The van der Waals surface area contributed by atoms with Gasteiger partial charge in [0.25, 0.3) is 0 Å². The van der Waals surface area contributed by atoms with Crippen LogP contribution < -0.4 is 16.2 Å². The van der Waals surface area contributed by atoms with Crippen molar-refractivity contribution in [3.8, 4) is 11.4 Å². The van der Waals surface area contributed by atoms with Gasteiger partial charge in [-0.25, -0.2) is 0 Å². The topological polar surface area (TPSA) is 85.1 Å². The number of anilines is 1. The van der Waals surface area contributed by atoms with Gasteiger partial charge in [-0.15, -0.1) is 0 Å². The van der Waals surface area contributed by atoms with E-state index in [-0.39, 0.29) is 11.5 Å². The summed E-state index contributed by atoms with van der Waals surface area (Å²) in [7, 11) is 0. The highest BCUT2D eigenvalue weighted by molar-refractivity contribution is 6.21. The average molecular weight is 340 g/mol. The van der Waals surface area contributed by atoms with E-state index in [1.807, 2.05) is 0 Å². The third kappa shape index (κ3) is 3.11. The standard InChI is InChI=1S/C14H8ClF2N3O3/c15-14(16,17)13-19-12(20-23-13)8-3-1-7(2-4-8)6-18-9-5-10(21)11(9)22/h1-5,18H,6H2. The number of hydrogen-bond donors (Lipinski definition) is 1. The third-order valence-corrected chi connectivity index (χ3v) is 3.27. The average Bonchev–Trinajstić information content (AvgIpc) is 3.01. The Morgan fingerprint density at radius 1 is 1.22 bits per heavy atom. The molecule has 3 rings (SSSR count). The lowest BCUT2D eigenvalue weighted by atomic mass is 10.1. The molecule has 0 amide bonds. The van der Waals surface area contributed by atoms with Gasteiger partial charge in [-0.05, 0) is 17.2 Å². The fourth-order valence-electron chi connectivity index (χ4n) is 1.87. The normalized spacial score (nSPS) is 11.8. The molecule has 0 bridgehead atoms. The lowest BCUT2D eigenvalue weighted by molar-refractivity contribution is 0.0551. The molecule has 0 spiro atoms. The molecular weight excluding hydrogens is 332 g/mol. The Hall–Kier alpha value is -2.61. The summed E-state index contributed by atoms with van der Waals surface area (Å²) >= 11 is 4.80. The van der Waals surface area contributed by atoms with Crippen molar-refractivity contribution < 1.29 is 13.3 Å². The van der Waals surface area contributed by atoms with Crippen LogP contribution in [0.25, 0.3) is 11.4 Å². The molecule has 0 radical (unpaired) electrons. The SMILES string of the molecule is O=c1cc(NCc2ccc(-c3noc(C(F)(F)Cl)n3)cc2)c1=O. The van der Waals surface area contributed by atoms with Gasteiger partial charge in [0.05, 0.1) is 5.69 Å². The zero-order valence-corrected chi connectivity index (χ0v) is 12.1. The Kier molecular flexibility index (Phi) is 3.69. The van der Waals surface area contributed by atoms with E-state index in [0.717, 1.165) is 5.56 Å². The first-order valence-corrected chi connectivity index (χ1v) is 6.77. The van der Waals surface area contributed by atoms with Gasteiger partial charge in [0.15, 0.2) is 0 Å². The van der Waals surface area contributed by atoms with Gasteiger partial charge in [-0.3, -0.25) is 9.59 Å². The largest absolute Gasteiger partial charge is 0.400 e. The Balaban J connectivity index is 1.70. The second-order valence-electron chi connectivity index (χ2n) is 4.72. The van der Waals surface area contributed by atoms with Gasteiger partial charge in [0.1, 0.15) is 0 Å². The molecule has 0 aliphatic carbocycles. The van der Waals surface area contributed by atoms with Crippen molar-refractivity contribution in [2.45, 2.75) is 11.9 Å². The number of aromatic nitrogens is 2. The Labute approximate surface area is 132 Å². The number of hydrogen-bond acceptors (Lipinski definition) is 6. The van der Waals surface area contributed by atoms with Crippen LogP contribution in [0.5, 0.6) is 0 Å². The molecule has 0 saturated carbocycles. The number of nitrogens with zero attached hydrogens (tertiary/aromatic N) is 2. The quantitative estimate of drug-likeness (QED) is 0.567. The number of nitrogens with one attached hydrogen (secondary N) is 1. The Morgan fingerprint density at radius 3 is 2.43 bits per heavy atom. The van der Waals surface area contributed by atoms with E-state index in [1.54, 1.807) is 24.3 Å². The monoisotopic (exact) mass is 339 g/mol. The van der Waals surface area contributed by atoms with Crippen molar-refractivity contribution in [1.82, 2.24) is 10.1 Å². The van der Waals surface area contributed by atoms with Crippen molar-refractivity contribution >= 4 is 17.3 Å². The van der Waals surface area contributed by atoms with E-state index in [0.29, 0.717) is 12.1 Å². The molecule has 9 heteroatoms. The van der Waals surface area contributed by atoms with Crippen molar-refractivity contribution in [1.29, 1.82) is 0 Å². The van der Waals surface area contributed by atoms with Crippen LogP contribution in [0.15, 0.2) is 44.4 Å². The van der Waals surface area contributed by atoms with Gasteiger partial charge in [0, 0.05) is 18.2 Å². The predicted molar refractivity (Wildman–Crippen MR) is 78.2 cm³/mol. The van der Waals surface area contributed by atoms with Crippen molar-refractivity contribution in [2.24, 2.45) is 0 Å². The molecule has 23 heavy (non-hydrogen) atoms.